The summed E-state index contributed by atoms with van der Waals surface area (Å²) in [5.74, 6) is 0.890. The summed E-state index contributed by atoms with van der Waals surface area (Å²) in [5, 5.41) is 7.21. The zero-order chi connectivity index (χ0) is 20.1. The number of nitrogens with zero attached hydrogens (tertiary/aromatic N) is 4. The minimum Gasteiger partial charge on any atom is -0.360 e. The number of piperazine rings is 1. The highest BCUT2D eigenvalue weighted by Crippen LogP contribution is 2.15. The summed E-state index contributed by atoms with van der Waals surface area (Å²) in [6.07, 6.45) is 2.18. The number of benzene rings is 1. The average Bonchev–Trinajstić information content (AvgIpc) is 3.14. The number of hydrogen-bond donors (Lipinski definition) is 1. The molecule has 0 spiro atoms. The van der Waals surface area contributed by atoms with Gasteiger partial charge in [-0.25, -0.2) is 4.79 Å². The highest BCUT2D eigenvalue weighted by molar-refractivity contribution is 5.74. The Labute approximate surface area is 172 Å². The van der Waals surface area contributed by atoms with E-state index in [-0.39, 0.29) is 12.1 Å². The lowest BCUT2D eigenvalue weighted by Gasteiger charge is -2.37. The Balaban J connectivity index is 1.21. The SMILES string of the molecule is Cc1cc(CN2CCN(C(=O)NC3CCCN(Cc4ccccc4)C3)CC2)on1. The molecule has 7 heteroatoms. The maximum Gasteiger partial charge on any atom is 0.317 e. The van der Waals surface area contributed by atoms with Gasteiger partial charge in [0.1, 0.15) is 0 Å². The molecule has 7 nitrogen and oxygen atoms in total. The lowest BCUT2D eigenvalue weighted by atomic mass is 10.0. The van der Waals surface area contributed by atoms with E-state index in [2.05, 4.69) is 50.6 Å². The van der Waals surface area contributed by atoms with Gasteiger partial charge in [0.05, 0.1) is 12.2 Å². The van der Waals surface area contributed by atoms with E-state index in [0.29, 0.717) is 0 Å². The molecular formula is C22H31N5O2. The Morgan fingerprint density at radius 1 is 1.10 bits per heavy atom. The first-order valence-electron chi connectivity index (χ1n) is 10.6. The molecule has 1 N–H and O–H groups in total. The fourth-order valence-electron chi connectivity index (χ4n) is 4.24. The van der Waals surface area contributed by atoms with Gasteiger partial charge in [0.25, 0.3) is 0 Å². The molecule has 2 fully saturated rings. The third kappa shape index (κ3) is 5.58. The number of likely N-dealkylation sites (tertiary alicyclic amines) is 1. The minimum atomic E-state index is 0.0757. The summed E-state index contributed by atoms with van der Waals surface area (Å²) in [6, 6.07) is 12.8. The molecule has 1 aromatic heterocycles. The van der Waals surface area contributed by atoms with Crippen molar-refractivity contribution < 1.29 is 9.32 Å². The Morgan fingerprint density at radius 2 is 1.90 bits per heavy atom. The number of aromatic nitrogens is 1. The monoisotopic (exact) mass is 397 g/mol. The van der Waals surface area contributed by atoms with Gasteiger partial charge in [-0.3, -0.25) is 9.80 Å². The lowest BCUT2D eigenvalue weighted by Crippen LogP contribution is -2.55. The van der Waals surface area contributed by atoms with Crippen LogP contribution < -0.4 is 5.32 Å². The molecule has 0 bridgehead atoms. The molecule has 1 aromatic carbocycles. The van der Waals surface area contributed by atoms with E-state index in [9.17, 15) is 4.79 Å². The number of carbonyl (C=O) groups excluding carboxylic acids is 1. The molecule has 0 radical (unpaired) electrons. The van der Waals surface area contributed by atoms with Gasteiger partial charge in [-0.05, 0) is 31.9 Å². The second-order valence-electron chi connectivity index (χ2n) is 8.21. The van der Waals surface area contributed by atoms with E-state index in [1.54, 1.807) is 0 Å². The largest absolute Gasteiger partial charge is 0.360 e. The molecule has 2 aliphatic heterocycles. The summed E-state index contributed by atoms with van der Waals surface area (Å²) < 4.78 is 5.31. The number of hydrogen-bond acceptors (Lipinski definition) is 5. The Morgan fingerprint density at radius 3 is 2.62 bits per heavy atom. The van der Waals surface area contributed by atoms with Gasteiger partial charge in [0.15, 0.2) is 5.76 Å². The average molecular weight is 398 g/mol. The number of carbonyl (C=O) groups is 1. The number of piperidine rings is 1. The Hall–Kier alpha value is -2.38. The predicted molar refractivity (Wildman–Crippen MR) is 111 cm³/mol. The van der Waals surface area contributed by atoms with Crippen molar-refractivity contribution in [1.82, 2.24) is 25.2 Å². The topological polar surface area (TPSA) is 64.8 Å². The van der Waals surface area contributed by atoms with Crippen molar-refractivity contribution in [3.8, 4) is 0 Å². The highest BCUT2D eigenvalue weighted by atomic mass is 16.5. The fraction of sp³-hybridized carbons (Fsp3) is 0.545. The van der Waals surface area contributed by atoms with Crippen molar-refractivity contribution in [2.45, 2.75) is 38.9 Å². The number of rotatable bonds is 5. The van der Waals surface area contributed by atoms with Gasteiger partial charge < -0.3 is 14.7 Å². The normalized spacial score (nSPS) is 21.3. The van der Waals surface area contributed by atoms with E-state index >= 15 is 0 Å². The van der Waals surface area contributed by atoms with Crippen molar-refractivity contribution in [1.29, 1.82) is 0 Å². The summed E-state index contributed by atoms with van der Waals surface area (Å²) in [7, 11) is 0. The fourth-order valence-corrected chi connectivity index (χ4v) is 4.24. The molecule has 156 valence electrons. The highest BCUT2D eigenvalue weighted by Gasteiger charge is 2.26. The molecule has 29 heavy (non-hydrogen) atoms. The predicted octanol–water partition coefficient (Wildman–Crippen LogP) is 2.47. The molecule has 1 unspecified atom stereocenters. The van der Waals surface area contributed by atoms with Crippen LogP contribution in [0.4, 0.5) is 4.79 Å². The second-order valence-corrected chi connectivity index (χ2v) is 8.21. The molecule has 2 amide bonds. The van der Waals surface area contributed by atoms with Gasteiger partial charge in [-0.1, -0.05) is 35.5 Å². The van der Waals surface area contributed by atoms with Crippen LogP contribution in [0, 0.1) is 6.92 Å². The van der Waals surface area contributed by atoms with Crippen LogP contribution in [-0.4, -0.2) is 71.2 Å². The van der Waals surface area contributed by atoms with Gasteiger partial charge >= 0.3 is 6.03 Å². The molecule has 0 saturated carbocycles. The summed E-state index contributed by atoms with van der Waals surface area (Å²) >= 11 is 0. The molecule has 2 aliphatic rings. The Kier molecular flexibility index (Phi) is 6.46. The van der Waals surface area contributed by atoms with Crippen LogP contribution in [-0.2, 0) is 13.1 Å². The summed E-state index contributed by atoms with van der Waals surface area (Å²) in [6.45, 7) is 8.88. The lowest BCUT2D eigenvalue weighted by molar-refractivity contribution is 0.120. The molecule has 1 atom stereocenters. The smallest absolute Gasteiger partial charge is 0.317 e. The first-order valence-corrected chi connectivity index (χ1v) is 10.6. The molecular weight excluding hydrogens is 366 g/mol. The summed E-state index contributed by atoms with van der Waals surface area (Å²) in [4.78, 5) is 19.4. The van der Waals surface area contributed by atoms with Crippen LogP contribution in [0.3, 0.4) is 0 Å². The first kappa shape index (κ1) is 19.9. The van der Waals surface area contributed by atoms with Crippen LogP contribution in [0.5, 0.6) is 0 Å². The quantitative estimate of drug-likeness (QED) is 0.840. The van der Waals surface area contributed by atoms with Crippen molar-refractivity contribution in [3.63, 3.8) is 0 Å². The molecule has 4 rings (SSSR count). The van der Waals surface area contributed by atoms with E-state index in [4.69, 9.17) is 4.52 Å². The second kappa shape index (κ2) is 9.41. The standard InChI is InChI=1S/C22H31N5O2/c1-18-14-21(29-24-18)17-25-10-12-27(13-11-25)22(28)23-20-8-5-9-26(16-20)15-19-6-3-2-4-7-19/h2-4,6-7,14,20H,5,8-13,15-17H2,1H3,(H,23,28). The Bertz CT molecular complexity index is 786. The van der Waals surface area contributed by atoms with Crippen LogP contribution >= 0.6 is 0 Å². The number of amides is 2. The third-order valence-electron chi connectivity index (χ3n) is 5.80. The zero-order valence-electron chi connectivity index (χ0n) is 17.2. The number of nitrogens with one attached hydrogen (secondary N) is 1. The zero-order valence-corrected chi connectivity index (χ0v) is 17.2. The van der Waals surface area contributed by atoms with E-state index in [1.807, 2.05) is 17.9 Å². The maximum atomic E-state index is 12.7. The molecule has 2 aromatic rings. The van der Waals surface area contributed by atoms with Gasteiger partial charge in [-0.15, -0.1) is 0 Å². The van der Waals surface area contributed by atoms with E-state index in [1.165, 1.54) is 5.56 Å². The third-order valence-corrected chi connectivity index (χ3v) is 5.80. The van der Waals surface area contributed by atoms with Crippen LogP contribution in [0.2, 0.25) is 0 Å². The molecule has 0 aliphatic carbocycles. The number of aryl methyl sites for hydroxylation is 1. The van der Waals surface area contributed by atoms with Crippen molar-refractivity contribution in [2.24, 2.45) is 0 Å². The van der Waals surface area contributed by atoms with E-state index < -0.39 is 0 Å². The maximum absolute atomic E-state index is 12.7. The van der Waals surface area contributed by atoms with E-state index in [0.717, 1.165) is 76.7 Å². The first-order chi connectivity index (χ1) is 14.2. The molecule has 3 heterocycles. The van der Waals surface area contributed by atoms with Crippen molar-refractivity contribution in [2.75, 3.05) is 39.3 Å². The van der Waals surface area contributed by atoms with Gasteiger partial charge in [0, 0.05) is 51.4 Å². The minimum absolute atomic E-state index is 0.0757. The summed E-state index contributed by atoms with van der Waals surface area (Å²) in [5.41, 5.74) is 2.24. The van der Waals surface area contributed by atoms with Crippen molar-refractivity contribution >= 4 is 6.03 Å². The van der Waals surface area contributed by atoms with Crippen molar-refractivity contribution in [3.05, 3.63) is 53.4 Å². The van der Waals surface area contributed by atoms with Crippen LogP contribution in [0.25, 0.3) is 0 Å². The van der Waals surface area contributed by atoms with Crippen LogP contribution in [0.15, 0.2) is 40.9 Å². The molecule has 2 saturated heterocycles. The van der Waals surface area contributed by atoms with Gasteiger partial charge in [0.2, 0.25) is 0 Å². The van der Waals surface area contributed by atoms with Gasteiger partial charge in [-0.2, -0.15) is 0 Å². The van der Waals surface area contributed by atoms with Crippen LogP contribution in [0.1, 0.15) is 29.9 Å². The number of urea groups is 1.